The van der Waals surface area contributed by atoms with E-state index in [0.29, 0.717) is 29.0 Å². The Balaban J connectivity index is 1.80. The summed E-state index contributed by atoms with van der Waals surface area (Å²) in [4.78, 5) is 27.0. The monoisotopic (exact) mass is 447 g/mol. The first kappa shape index (κ1) is 21.4. The number of esters is 1. The molecular weight excluding hydrogens is 427 g/mol. The Morgan fingerprint density at radius 2 is 1.87 bits per heavy atom. The molecular formula is C23H20F3NO3S. The van der Waals surface area contributed by atoms with Crippen LogP contribution in [0.3, 0.4) is 0 Å². The third kappa shape index (κ3) is 3.92. The molecule has 1 aromatic carbocycles. The van der Waals surface area contributed by atoms with E-state index in [2.05, 4.69) is 5.32 Å². The molecule has 2 heterocycles. The number of thiophene rings is 1. The van der Waals surface area contributed by atoms with Gasteiger partial charge in [0.1, 0.15) is 0 Å². The van der Waals surface area contributed by atoms with Crippen LogP contribution in [0.15, 0.2) is 64.3 Å². The van der Waals surface area contributed by atoms with E-state index in [9.17, 15) is 22.8 Å². The molecule has 8 heteroatoms. The van der Waals surface area contributed by atoms with Gasteiger partial charge in [0.25, 0.3) is 0 Å². The zero-order chi connectivity index (χ0) is 22.3. The van der Waals surface area contributed by atoms with Crippen molar-refractivity contribution in [1.82, 2.24) is 5.32 Å². The average molecular weight is 447 g/mol. The summed E-state index contributed by atoms with van der Waals surface area (Å²) in [5.41, 5.74) is 1.58. The standard InChI is InChI=1S/C23H20F3NO3S/c1-12-19(22(29)30-2)20(13-5-7-15(8-6-13)23(24,25)26)21-16(27-12)10-14(11-17(21)28)18-4-3-9-31-18/h3-9,14,20,27H,10-11H2,1-2H3. The van der Waals surface area contributed by atoms with Gasteiger partial charge in [0, 0.05) is 40.1 Å². The summed E-state index contributed by atoms with van der Waals surface area (Å²) in [7, 11) is 1.24. The van der Waals surface area contributed by atoms with Crippen LogP contribution in [-0.4, -0.2) is 18.9 Å². The van der Waals surface area contributed by atoms with Crippen molar-refractivity contribution in [3.63, 3.8) is 0 Å². The number of benzene rings is 1. The molecule has 0 spiro atoms. The third-order valence-electron chi connectivity index (χ3n) is 5.75. The number of alkyl halides is 3. The van der Waals surface area contributed by atoms with E-state index in [4.69, 9.17) is 4.74 Å². The number of nitrogens with one attached hydrogen (secondary N) is 1. The molecule has 2 atom stereocenters. The normalized spacial score (nSPS) is 21.6. The molecule has 0 amide bonds. The average Bonchev–Trinajstić information content (AvgIpc) is 3.26. The summed E-state index contributed by atoms with van der Waals surface area (Å²) < 4.78 is 44.0. The second-order valence-corrected chi connectivity index (χ2v) is 8.62. The predicted octanol–water partition coefficient (Wildman–Crippen LogP) is 5.30. The second kappa shape index (κ2) is 8.00. The molecule has 1 aliphatic carbocycles. The number of rotatable bonds is 3. The molecule has 1 aliphatic heterocycles. The molecule has 2 aliphatic rings. The van der Waals surface area contributed by atoms with E-state index in [1.807, 2.05) is 17.5 Å². The van der Waals surface area contributed by atoms with Gasteiger partial charge in [-0.25, -0.2) is 4.79 Å². The van der Waals surface area contributed by atoms with Crippen LogP contribution in [0.5, 0.6) is 0 Å². The number of carbonyl (C=O) groups excluding carboxylic acids is 2. The zero-order valence-electron chi connectivity index (χ0n) is 16.9. The van der Waals surface area contributed by atoms with Gasteiger partial charge in [-0.3, -0.25) is 4.79 Å². The largest absolute Gasteiger partial charge is 0.466 e. The van der Waals surface area contributed by atoms with Crippen molar-refractivity contribution < 1.29 is 27.5 Å². The highest BCUT2D eigenvalue weighted by molar-refractivity contribution is 7.10. The van der Waals surface area contributed by atoms with Gasteiger partial charge in [0.2, 0.25) is 0 Å². The smallest absolute Gasteiger partial charge is 0.416 e. The van der Waals surface area contributed by atoms with E-state index >= 15 is 0 Å². The fourth-order valence-electron chi connectivity index (χ4n) is 4.34. The highest BCUT2D eigenvalue weighted by Gasteiger charge is 2.41. The number of hydrogen-bond donors (Lipinski definition) is 1. The predicted molar refractivity (Wildman–Crippen MR) is 110 cm³/mol. The van der Waals surface area contributed by atoms with Crippen molar-refractivity contribution in [2.24, 2.45) is 0 Å². The van der Waals surface area contributed by atoms with Crippen LogP contribution in [0.4, 0.5) is 13.2 Å². The molecule has 0 saturated carbocycles. The lowest BCUT2D eigenvalue weighted by atomic mass is 9.72. The van der Waals surface area contributed by atoms with Crippen molar-refractivity contribution in [2.75, 3.05) is 7.11 Å². The molecule has 0 fully saturated rings. The molecule has 0 bridgehead atoms. The van der Waals surface area contributed by atoms with Crippen LogP contribution in [0.1, 0.15) is 47.6 Å². The van der Waals surface area contributed by atoms with E-state index < -0.39 is 23.6 Å². The number of ether oxygens (including phenoxy) is 1. The second-order valence-electron chi connectivity index (χ2n) is 7.64. The molecule has 1 N–H and O–H groups in total. The summed E-state index contributed by atoms with van der Waals surface area (Å²) in [6, 6.07) is 8.55. The fourth-order valence-corrected chi connectivity index (χ4v) is 5.17. The number of carbonyl (C=O) groups is 2. The lowest BCUT2D eigenvalue weighted by Gasteiger charge is -2.36. The van der Waals surface area contributed by atoms with Gasteiger partial charge in [0.05, 0.1) is 18.2 Å². The van der Waals surface area contributed by atoms with Crippen LogP contribution in [0.2, 0.25) is 0 Å². The van der Waals surface area contributed by atoms with E-state index in [0.717, 1.165) is 17.0 Å². The van der Waals surface area contributed by atoms with E-state index in [-0.39, 0.29) is 23.7 Å². The van der Waals surface area contributed by atoms with Gasteiger partial charge in [0.15, 0.2) is 5.78 Å². The maximum Gasteiger partial charge on any atom is 0.416 e. The number of Topliss-reactive ketones (excluding diaryl/α,β-unsaturated/α-hetero) is 1. The van der Waals surface area contributed by atoms with Crippen LogP contribution in [0, 0.1) is 0 Å². The lowest BCUT2D eigenvalue weighted by Crippen LogP contribution is -2.35. The molecule has 4 nitrogen and oxygen atoms in total. The minimum atomic E-state index is -4.47. The Kier molecular flexibility index (Phi) is 5.51. The van der Waals surface area contributed by atoms with Gasteiger partial charge >= 0.3 is 12.1 Å². The molecule has 31 heavy (non-hydrogen) atoms. The van der Waals surface area contributed by atoms with E-state index in [1.165, 1.54) is 19.2 Å². The summed E-state index contributed by atoms with van der Waals surface area (Å²) in [6.07, 6.45) is -3.60. The molecule has 0 saturated heterocycles. The fraction of sp³-hybridized carbons (Fsp3) is 0.304. The SMILES string of the molecule is COC(=O)C1=C(C)NC2=C(C(=O)CC(c3cccs3)C2)C1c1ccc(C(F)(F)F)cc1. The highest BCUT2D eigenvalue weighted by atomic mass is 32.1. The quantitative estimate of drug-likeness (QED) is 0.649. The molecule has 2 aromatic rings. The molecule has 1 aromatic heterocycles. The molecule has 2 unspecified atom stereocenters. The van der Waals surface area contributed by atoms with Crippen molar-refractivity contribution >= 4 is 23.1 Å². The number of dihydropyridines is 1. The first-order chi connectivity index (χ1) is 14.7. The van der Waals surface area contributed by atoms with Gasteiger partial charge in [-0.1, -0.05) is 18.2 Å². The Morgan fingerprint density at radius 1 is 1.16 bits per heavy atom. The maximum atomic E-state index is 13.3. The summed E-state index contributed by atoms with van der Waals surface area (Å²) in [6.45, 7) is 1.71. The number of halogens is 3. The van der Waals surface area contributed by atoms with Crippen LogP contribution < -0.4 is 5.32 Å². The Hall–Kier alpha value is -2.87. The first-order valence-electron chi connectivity index (χ1n) is 9.73. The number of methoxy groups -OCH3 is 1. The van der Waals surface area contributed by atoms with Gasteiger partial charge in [-0.2, -0.15) is 13.2 Å². The number of allylic oxidation sites excluding steroid dienone is 3. The first-order valence-corrected chi connectivity index (χ1v) is 10.6. The topological polar surface area (TPSA) is 55.4 Å². The lowest BCUT2D eigenvalue weighted by molar-refractivity contribution is -0.138. The van der Waals surface area contributed by atoms with Gasteiger partial charge in [-0.05, 0) is 42.5 Å². The number of ketones is 1. The van der Waals surface area contributed by atoms with Crippen molar-refractivity contribution in [1.29, 1.82) is 0 Å². The molecule has 162 valence electrons. The molecule has 4 rings (SSSR count). The van der Waals surface area contributed by atoms with Crippen molar-refractivity contribution in [3.8, 4) is 0 Å². The zero-order valence-corrected chi connectivity index (χ0v) is 17.7. The summed E-state index contributed by atoms with van der Waals surface area (Å²) >= 11 is 1.59. The van der Waals surface area contributed by atoms with Crippen LogP contribution in [0.25, 0.3) is 0 Å². The highest BCUT2D eigenvalue weighted by Crippen LogP contribution is 2.46. The summed E-state index contributed by atoms with van der Waals surface area (Å²) in [5, 5.41) is 5.17. The minimum Gasteiger partial charge on any atom is -0.466 e. The Labute approximate surface area is 181 Å². The summed E-state index contributed by atoms with van der Waals surface area (Å²) in [5.74, 6) is -1.48. The van der Waals surface area contributed by atoms with Crippen molar-refractivity contribution in [3.05, 3.63) is 80.3 Å². The molecule has 0 radical (unpaired) electrons. The third-order valence-corrected chi connectivity index (χ3v) is 6.78. The van der Waals surface area contributed by atoms with Gasteiger partial charge in [-0.15, -0.1) is 11.3 Å². The Morgan fingerprint density at radius 3 is 2.45 bits per heavy atom. The van der Waals surface area contributed by atoms with Crippen LogP contribution >= 0.6 is 11.3 Å². The minimum absolute atomic E-state index is 0.0273. The van der Waals surface area contributed by atoms with Gasteiger partial charge < -0.3 is 10.1 Å². The maximum absolute atomic E-state index is 13.3. The van der Waals surface area contributed by atoms with Crippen LogP contribution in [-0.2, 0) is 20.5 Å². The Bertz CT molecular complexity index is 1080. The van der Waals surface area contributed by atoms with Crippen molar-refractivity contribution in [2.45, 2.75) is 37.8 Å². The van der Waals surface area contributed by atoms with E-state index in [1.54, 1.807) is 18.3 Å². The number of hydrogen-bond acceptors (Lipinski definition) is 5.